The summed E-state index contributed by atoms with van der Waals surface area (Å²) in [7, 11) is -2.39. The summed E-state index contributed by atoms with van der Waals surface area (Å²) in [5.41, 5.74) is -2.23. The van der Waals surface area contributed by atoms with Crippen LogP contribution < -0.4 is 5.56 Å². The van der Waals surface area contributed by atoms with Crippen molar-refractivity contribution in [1.29, 1.82) is 0 Å². The second-order valence-corrected chi connectivity index (χ2v) is 9.09. The third-order valence-electron chi connectivity index (χ3n) is 4.21. The van der Waals surface area contributed by atoms with E-state index in [1.54, 1.807) is 0 Å². The lowest BCUT2D eigenvalue weighted by Crippen LogP contribution is -2.22. The van der Waals surface area contributed by atoms with E-state index in [4.69, 9.17) is 0 Å². The minimum atomic E-state index is -4.70. The van der Waals surface area contributed by atoms with Crippen LogP contribution in [-0.2, 0) is 28.8 Å². The van der Waals surface area contributed by atoms with E-state index in [1.807, 2.05) is 0 Å². The number of aryl methyl sites for hydroxylation is 2. The molecule has 0 fully saturated rings. The van der Waals surface area contributed by atoms with Gasteiger partial charge in [0.15, 0.2) is 9.84 Å². The van der Waals surface area contributed by atoms with Crippen LogP contribution in [0.2, 0.25) is 0 Å². The molecule has 0 spiro atoms. The highest BCUT2D eigenvalue weighted by Gasteiger charge is 2.33. The van der Waals surface area contributed by atoms with E-state index >= 15 is 0 Å². The smallest absolute Gasteiger partial charge is 0.299 e. The number of hydrogen-bond donors (Lipinski definition) is 1. The predicted octanol–water partition coefficient (Wildman–Crippen LogP) is 2.59. The number of aromatic amines is 1. The summed E-state index contributed by atoms with van der Waals surface area (Å²) in [6.45, 7) is 4.27. The summed E-state index contributed by atoms with van der Waals surface area (Å²) in [5, 5.41) is 1.80. The lowest BCUT2D eigenvalue weighted by molar-refractivity contribution is -0.137. The summed E-state index contributed by atoms with van der Waals surface area (Å²) < 4.78 is 64.7. The van der Waals surface area contributed by atoms with Crippen molar-refractivity contribution in [2.45, 2.75) is 38.0 Å². The third-order valence-corrected chi connectivity index (χ3v) is 6.36. The van der Waals surface area contributed by atoms with E-state index in [-0.39, 0.29) is 22.4 Å². The van der Waals surface area contributed by atoms with Gasteiger partial charge in [-0.2, -0.15) is 13.2 Å². The number of aromatic nitrogens is 2. The van der Waals surface area contributed by atoms with Gasteiger partial charge < -0.3 is 0 Å². The summed E-state index contributed by atoms with van der Waals surface area (Å²) in [4.78, 5) is 25.0. The van der Waals surface area contributed by atoms with Gasteiger partial charge in [-0.15, -0.1) is 0 Å². The molecule has 0 saturated carbocycles. The maximum absolute atomic E-state index is 13.1. The van der Waals surface area contributed by atoms with Crippen LogP contribution in [0.25, 0.3) is 0 Å². The van der Waals surface area contributed by atoms with E-state index in [0.29, 0.717) is 12.1 Å². The number of rotatable bonds is 5. The SMILES string of the molecule is Cc1[nH]n(C)c(=O)c1C(=O)c1ccc(C(F)(F)F)cc1CS(=O)(=O)C(C)C. The minimum absolute atomic E-state index is 0.236. The van der Waals surface area contributed by atoms with Gasteiger partial charge >= 0.3 is 6.18 Å². The van der Waals surface area contributed by atoms with Gasteiger partial charge in [-0.1, -0.05) is 6.07 Å². The van der Waals surface area contributed by atoms with Crippen molar-refractivity contribution in [1.82, 2.24) is 9.78 Å². The number of alkyl halides is 3. The van der Waals surface area contributed by atoms with E-state index in [0.717, 1.165) is 10.7 Å². The Bertz CT molecular complexity index is 1050. The second-order valence-electron chi connectivity index (χ2n) is 6.53. The van der Waals surface area contributed by atoms with Crippen LogP contribution in [0, 0.1) is 6.92 Å². The predicted molar refractivity (Wildman–Crippen MR) is 93.4 cm³/mol. The molecule has 1 heterocycles. The third kappa shape index (κ3) is 4.15. The lowest BCUT2D eigenvalue weighted by atomic mass is 9.97. The molecular formula is C17H19F3N2O4S. The Labute approximate surface area is 153 Å². The van der Waals surface area contributed by atoms with Crippen LogP contribution >= 0.6 is 0 Å². The van der Waals surface area contributed by atoms with Gasteiger partial charge in [0.05, 0.1) is 16.6 Å². The second kappa shape index (κ2) is 6.99. The standard InChI is InChI=1S/C17H19F3N2O4S/c1-9(2)27(25,26)8-11-7-12(17(18,19)20)5-6-13(11)15(23)14-10(3)21-22(4)16(14)24/h5-7,9,21H,8H2,1-4H3. The molecule has 0 unspecified atom stereocenters. The van der Waals surface area contributed by atoms with Gasteiger partial charge in [-0.3, -0.25) is 19.4 Å². The van der Waals surface area contributed by atoms with Gasteiger partial charge in [0.25, 0.3) is 5.56 Å². The topological polar surface area (TPSA) is 89.0 Å². The van der Waals surface area contributed by atoms with E-state index in [2.05, 4.69) is 5.10 Å². The van der Waals surface area contributed by atoms with Crippen LogP contribution in [0.4, 0.5) is 13.2 Å². The first-order chi connectivity index (χ1) is 12.3. The Hall–Kier alpha value is -2.36. The summed E-state index contributed by atoms with van der Waals surface area (Å²) >= 11 is 0. The number of benzene rings is 1. The number of H-pyrrole nitrogens is 1. The Balaban J connectivity index is 2.68. The van der Waals surface area contributed by atoms with Crippen LogP contribution in [0.5, 0.6) is 0 Å². The number of nitrogens with one attached hydrogen (secondary N) is 1. The Kier molecular flexibility index (Phi) is 5.42. The molecule has 0 aliphatic carbocycles. The van der Waals surface area contributed by atoms with Gasteiger partial charge in [-0.05, 0) is 38.5 Å². The van der Waals surface area contributed by atoms with Gasteiger partial charge in [0, 0.05) is 18.3 Å². The molecular weight excluding hydrogens is 385 g/mol. The first-order valence-corrected chi connectivity index (χ1v) is 9.69. The summed E-state index contributed by atoms with van der Waals surface area (Å²) in [6, 6.07) is 2.27. The number of halogens is 3. The molecule has 1 aromatic carbocycles. The molecule has 0 bridgehead atoms. The maximum atomic E-state index is 13.1. The van der Waals surface area contributed by atoms with Crippen molar-refractivity contribution in [3.05, 3.63) is 56.5 Å². The molecule has 1 N–H and O–H groups in total. The van der Waals surface area contributed by atoms with E-state index < -0.39 is 43.9 Å². The molecule has 6 nitrogen and oxygen atoms in total. The summed E-state index contributed by atoms with van der Waals surface area (Å²) in [6.07, 6.45) is -4.70. The van der Waals surface area contributed by atoms with Crippen molar-refractivity contribution in [2.24, 2.45) is 7.05 Å². The van der Waals surface area contributed by atoms with Crippen LogP contribution in [-0.4, -0.2) is 29.2 Å². The van der Waals surface area contributed by atoms with Crippen molar-refractivity contribution < 1.29 is 26.4 Å². The molecule has 0 aliphatic rings. The Morgan fingerprint density at radius 3 is 2.30 bits per heavy atom. The zero-order valence-electron chi connectivity index (χ0n) is 15.1. The zero-order valence-corrected chi connectivity index (χ0v) is 16.0. The number of carbonyl (C=O) groups excluding carboxylic acids is 1. The van der Waals surface area contributed by atoms with Gasteiger partial charge in [-0.25, -0.2) is 8.42 Å². The molecule has 0 aliphatic heterocycles. The monoisotopic (exact) mass is 404 g/mol. The summed E-state index contributed by atoms with van der Waals surface area (Å²) in [5.74, 6) is -1.56. The number of hydrogen-bond acceptors (Lipinski definition) is 4. The normalized spacial score (nSPS) is 12.6. The molecule has 2 aromatic rings. The highest BCUT2D eigenvalue weighted by atomic mass is 32.2. The number of ketones is 1. The van der Waals surface area contributed by atoms with Gasteiger partial charge in [0.2, 0.25) is 5.78 Å². The van der Waals surface area contributed by atoms with Gasteiger partial charge in [0.1, 0.15) is 5.56 Å². The zero-order chi connectivity index (χ0) is 20.7. The first-order valence-electron chi connectivity index (χ1n) is 7.97. The van der Waals surface area contributed by atoms with Crippen molar-refractivity contribution in [2.75, 3.05) is 0 Å². The van der Waals surface area contributed by atoms with E-state index in [9.17, 15) is 31.2 Å². The van der Waals surface area contributed by atoms with E-state index in [1.165, 1.54) is 27.8 Å². The molecule has 0 amide bonds. The quantitative estimate of drug-likeness (QED) is 0.776. The fourth-order valence-electron chi connectivity index (χ4n) is 2.58. The average Bonchev–Trinajstić information content (AvgIpc) is 2.78. The number of nitrogens with zero attached hydrogens (tertiary/aromatic N) is 1. The molecule has 2 rings (SSSR count). The van der Waals surface area contributed by atoms with Crippen LogP contribution in [0.15, 0.2) is 23.0 Å². The molecule has 10 heteroatoms. The fourth-order valence-corrected chi connectivity index (χ4v) is 3.59. The number of carbonyl (C=O) groups is 1. The van der Waals surface area contributed by atoms with Crippen LogP contribution in [0.3, 0.4) is 0 Å². The highest BCUT2D eigenvalue weighted by molar-refractivity contribution is 7.91. The average molecular weight is 404 g/mol. The molecule has 0 radical (unpaired) electrons. The van der Waals surface area contributed by atoms with Crippen molar-refractivity contribution >= 4 is 15.6 Å². The molecule has 0 atom stereocenters. The highest BCUT2D eigenvalue weighted by Crippen LogP contribution is 2.32. The maximum Gasteiger partial charge on any atom is 0.416 e. The molecule has 0 saturated heterocycles. The Morgan fingerprint density at radius 2 is 1.85 bits per heavy atom. The minimum Gasteiger partial charge on any atom is -0.299 e. The lowest BCUT2D eigenvalue weighted by Gasteiger charge is -2.14. The van der Waals surface area contributed by atoms with Crippen molar-refractivity contribution in [3.8, 4) is 0 Å². The molecule has 148 valence electrons. The Morgan fingerprint density at radius 1 is 1.26 bits per heavy atom. The molecule has 1 aromatic heterocycles. The van der Waals surface area contributed by atoms with Crippen molar-refractivity contribution in [3.63, 3.8) is 0 Å². The molecule has 27 heavy (non-hydrogen) atoms. The number of sulfone groups is 1. The van der Waals surface area contributed by atoms with Crippen LogP contribution in [0.1, 0.15) is 46.6 Å². The largest absolute Gasteiger partial charge is 0.416 e. The first kappa shape index (κ1) is 20.9. The fraction of sp³-hybridized carbons (Fsp3) is 0.412.